The Labute approximate surface area is 137 Å². The van der Waals surface area contributed by atoms with E-state index in [1.807, 2.05) is 6.92 Å². The Balaban J connectivity index is 2.08. The summed E-state index contributed by atoms with van der Waals surface area (Å²) >= 11 is 0. The SMILES string of the molecule is COc1cc(CNC(=O)c2cc(C)ccc2O)ccc1OC(F)F. The van der Waals surface area contributed by atoms with Crippen molar-refractivity contribution in [1.29, 1.82) is 0 Å². The highest BCUT2D eigenvalue weighted by molar-refractivity contribution is 5.96. The van der Waals surface area contributed by atoms with Crippen LogP contribution in [-0.4, -0.2) is 24.7 Å². The van der Waals surface area contributed by atoms with E-state index in [4.69, 9.17) is 4.74 Å². The van der Waals surface area contributed by atoms with Crippen molar-refractivity contribution >= 4 is 5.91 Å². The Morgan fingerprint density at radius 1 is 1.21 bits per heavy atom. The van der Waals surface area contributed by atoms with E-state index in [0.717, 1.165) is 5.56 Å². The van der Waals surface area contributed by atoms with Gasteiger partial charge >= 0.3 is 6.61 Å². The number of methoxy groups -OCH3 is 1. The molecule has 0 aliphatic rings. The topological polar surface area (TPSA) is 67.8 Å². The molecule has 0 fully saturated rings. The van der Waals surface area contributed by atoms with Crippen molar-refractivity contribution in [3.63, 3.8) is 0 Å². The van der Waals surface area contributed by atoms with Crippen molar-refractivity contribution in [1.82, 2.24) is 5.32 Å². The number of hydrogen-bond acceptors (Lipinski definition) is 4. The zero-order chi connectivity index (χ0) is 17.7. The van der Waals surface area contributed by atoms with E-state index in [0.29, 0.717) is 5.56 Å². The molecule has 2 N–H and O–H groups in total. The standard InChI is InChI=1S/C17H17F2NO4/c1-10-3-5-13(21)12(7-10)16(22)20-9-11-4-6-14(24-17(18)19)15(8-11)23-2/h3-8,17,21H,9H2,1-2H3,(H,20,22). The Morgan fingerprint density at radius 3 is 2.62 bits per heavy atom. The highest BCUT2D eigenvalue weighted by atomic mass is 19.3. The Morgan fingerprint density at radius 2 is 1.96 bits per heavy atom. The molecule has 7 heteroatoms. The Kier molecular flexibility index (Phi) is 5.57. The Bertz CT molecular complexity index is 735. The van der Waals surface area contributed by atoms with Gasteiger partial charge in [-0.2, -0.15) is 8.78 Å². The van der Waals surface area contributed by atoms with Crippen molar-refractivity contribution in [2.45, 2.75) is 20.1 Å². The number of amides is 1. The van der Waals surface area contributed by atoms with Crippen LogP contribution < -0.4 is 14.8 Å². The van der Waals surface area contributed by atoms with E-state index < -0.39 is 12.5 Å². The second kappa shape index (κ2) is 7.63. The number of ether oxygens (including phenoxy) is 2. The summed E-state index contributed by atoms with van der Waals surface area (Å²) in [6.07, 6.45) is 0. The van der Waals surface area contributed by atoms with Gasteiger partial charge in [-0.1, -0.05) is 17.7 Å². The molecule has 128 valence electrons. The molecule has 1 amide bonds. The molecule has 0 aliphatic heterocycles. The maximum Gasteiger partial charge on any atom is 0.387 e. The molecule has 0 heterocycles. The fourth-order valence-corrected chi connectivity index (χ4v) is 2.12. The summed E-state index contributed by atoms with van der Waals surface area (Å²) in [5.74, 6) is -0.501. The van der Waals surface area contributed by atoms with Gasteiger partial charge in [0, 0.05) is 6.54 Å². The van der Waals surface area contributed by atoms with Crippen LogP contribution in [0.2, 0.25) is 0 Å². The van der Waals surface area contributed by atoms with Gasteiger partial charge in [-0.25, -0.2) is 0 Å². The van der Waals surface area contributed by atoms with E-state index >= 15 is 0 Å². The number of hydrogen-bond donors (Lipinski definition) is 2. The fraction of sp³-hybridized carbons (Fsp3) is 0.235. The van der Waals surface area contributed by atoms with Crippen molar-refractivity contribution < 1.29 is 28.2 Å². The molecule has 0 spiro atoms. The minimum Gasteiger partial charge on any atom is -0.507 e. The maximum atomic E-state index is 12.3. The summed E-state index contributed by atoms with van der Waals surface area (Å²) in [4.78, 5) is 12.1. The lowest BCUT2D eigenvalue weighted by Crippen LogP contribution is -2.23. The molecule has 0 bridgehead atoms. The predicted octanol–water partition coefficient (Wildman–Crippen LogP) is 3.24. The third-order valence-corrected chi connectivity index (χ3v) is 3.29. The molecule has 0 saturated carbocycles. The van der Waals surface area contributed by atoms with E-state index in [9.17, 15) is 18.7 Å². The summed E-state index contributed by atoms with van der Waals surface area (Å²) in [6, 6.07) is 9.09. The number of phenols is 1. The number of phenolic OH excluding ortho intramolecular Hbond substituents is 1. The van der Waals surface area contributed by atoms with Gasteiger partial charge in [-0.3, -0.25) is 4.79 Å². The average Bonchev–Trinajstić information content (AvgIpc) is 2.55. The van der Waals surface area contributed by atoms with Gasteiger partial charge in [0.15, 0.2) is 11.5 Å². The van der Waals surface area contributed by atoms with E-state index in [1.165, 1.54) is 31.4 Å². The first kappa shape index (κ1) is 17.5. The lowest BCUT2D eigenvalue weighted by Gasteiger charge is -2.12. The van der Waals surface area contributed by atoms with Crippen LogP contribution in [0.3, 0.4) is 0 Å². The maximum absolute atomic E-state index is 12.3. The van der Waals surface area contributed by atoms with Gasteiger partial charge in [-0.05, 0) is 36.8 Å². The molecule has 0 radical (unpaired) electrons. The summed E-state index contributed by atoms with van der Waals surface area (Å²) < 4.78 is 33.9. The van der Waals surface area contributed by atoms with E-state index in [2.05, 4.69) is 10.1 Å². The van der Waals surface area contributed by atoms with Crippen molar-refractivity contribution in [3.05, 3.63) is 53.1 Å². The summed E-state index contributed by atoms with van der Waals surface area (Å²) in [7, 11) is 1.33. The number of nitrogens with one attached hydrogen (secondary N) is 1. The predicted molar refractivity (Wildman–Crippen MR) is 83.6 cm³/mol. The first-order valence-electron chi connectivity index (χ1n) is 7.10. The number of halogens is 2. The van der Waals surface area contributed by atoms with Crippen LogP contribution >= 0.6 is 0 Å². The number of carbonyl (C=O) groups excluding carboxylic acids is 1. The number of benzene rings is 2. The smallest absolute Gasteiger partial charge is 0.387 e. The summed E-state index contributed by atoms with van der Waals surface area (Å²) in [5, 5.41) is 12.4. The van der Waals surface area contributed by atoms with Crippen molar-refractivity contribution in [2.75, 3.05) is 7.11 Å². The molecule has 2 rings (SSSR count). The Hall–Kier alpha value is -2.83. The van der Waals surface area contributed by atoms with Gasteiger partial charge in [0.05, 0.1) is 12.7 Å². The quantitative estimate of drug-likeness (QED) is 0.849. The molecule has 2 aromatic rings. The van der Waals surface area contributed by atoms with Crippen LogP contribution in [0.15, 0.2) is 36.4 Å². The second-order valence-electron chi connectivity index (χ2n) is 5.07. The van der Waals surface area contributed by atoms with Gasteiger partial charge in [-0.15, -0.1) is 0 Å². The largest absolute Gasteiger partial charge is 0.507 e. The lowest BCUT2D eigenvalue weighted by atomic mass is 10.1. The first-order chi connectivity index (χ1) is 11.4. The molecule has 5 nitrogen and oxygen atoms in total. The molecular weight excluding hydrogens is 320 g/mol. The number of rotatable bonds is 6. The molecule has 24 heavy (non-hydrogen) atoms. The first-order valence-corrected chi connectivity index (χ1v) is 7.10. The van der Waals surface area contributed by atoms with Gasteiger partial charge < -0.3 is 19.9 Å². The third-order valence-electron chi connectivity index (χ3n) is 3.29. The number of aromatic hydroxyl groups is 1. The highest BCUT2D eigenvalue weighted by Crippen LogP contribution is 2.29. The second-order valence-corrected chi connectivity index (χ2v) is 5.07. The molecule has 0 aromatic heterocycles. The molecule has 0 atom stereocenters. The summed E-state index contributed by atoms with van der Waals surface area (Å²) in [6.45, 7) is -1.01. The van der Waals surface area contributed by atoms with Crippen LogP contribution in [-0.2, 0) is 6.54 Å². The van der Waals surface area contributed by atoms with Crippen molar-refractivity contribution in [3.8, 4) is 17.2 Å². The zero-order valence-electron chi connectivity index (χ0n) is 13.2. The zero-order valence-corrected chi connectivity index (χ0v) is 13.2. The van der Waals surface area contributed by atoms with Gasteiger partial charge in [0.25, 0.3) is 5.91 Å². The molecule has 0 unspecified atom stereocenters. The molecule has 0 saturated heterocycles. The molecular formula is C17H17F2NO4. The summed E-state index contributed by atoms with van der Waals surface area (Å²) in [5.41, 5.74) is 1.64. The molecule has 2 aromatic carbocycles. The fourth-order valence-electron chi connectivity index (χ4n) is 2.12. The number of carbonyl (C=O) groups is 1. The third kappa shape index (κ3) is 4.34. The van der Waals surface area contributed by atoms with Crippen LogP contribution in [0, 0.1) is 6.92 Å². The van der Waals surface area contributed by atoms with Crippen LogP contribution in [0.4, 0.5) is 8.78 Å². The monoisotopic (exact) mass is 337 g/mol. The van der Waals surface area contributed by atoms with Crippen LogP contribution in [0.5, 0.6) is 17.2 Å². The normalized spacial score (nSPS) is 10.5. The average molecular weight is 337 g/mol. The lowest BCUT2D eigenvalue weighted by molar-refractivity contribution is -0.0512. The van der Waals surface area contributed by atoms with E-state index in [-0.39, 0.29) is 29.4 Å². The van der Waals surface area contributed by atoms with Gasteiger partial charge in [0.2, 0.25) is 0 Å². The minimum absolute atomic E-state index is 0.0843. The minimum atomic E-state index is -2.95. The number of alkyl halides is 2. The highest BCUT2D eigenvalue weighted by Gasteiger charge is 2.13. The van der Waals surface area contributed by atoms with Crippen molar-refractivity contribution in [2.24, 2.45) is 0 Å². The van der Waals surface area contributed by atoms with Crippen LogP contribution in [0.25, 0.3) is 0 Å². The number of aryl methyl sites for hydroxylation is 1. The molecule has 0 aliphatic carbocycles. The van der Waals surface area contributed by atoms with E-state index in [1.54, 1.807) is 12.1 Å². The van der Waals surface area contributed by atoms with Crippen LogP contribution in [0.1, 0.15) is 21.5 Å². The van der Waals surface area contributed by atoms with Gasteiger partial charge in [0.1, 0.15) is 5.75 Å².